The van der Waals surface area contributed by atoms with Crippen molar-refractivity contribution in [2.75, 3.05) is 13.7 Å². The van der Waals surface area contributed by atoms with Gasteiger partial charge in [0.05, 0.1) is 13.7 Å². The Hall–Kier alpha value is -1.96. The third-order valence-corrected chi connectivity index (χ3v) is 2.84. The number of methoxy groups -OCH3 is 1. The lowest BCUT2D eigenvalue weighted by Gasteiger charge is -2.07. The summed E-state index contributed by atoms with van der Waals surface area (Å²) in [5.41, 5.74) is 2.50. The van der Waals surface area contributed by atoms with Crippen LogP contribution in [0.4, 0.5) is 0 Å². The Balaban J connectivity index is 1.82. The van der Waals surface area contributed by atoms with Crippen molar-refractivity contribution in [3.05, 3.63) is 59.7 Å². The van der Waals surface area contributed by atoms with E-state index in [1.165, 1.54) is 11.1 Å². The van der Waals surface area contributed by atoms with Gasteiger partial charge in [-0.25, -0.2) is 0 Å². The third kappa shape index (κ3) is 3.52. The Bertz CT molecular complexity index is 471. The maximum Gasteiger partial charge on any atom is 0.119 e. The van der Waals surface area contributed by atoms with Gasteiger partial charge in [-0.2, -0.15) is 0 Å². The van der Waals surface area contributed by atoms with E-state index in [4.69, 9.17) is 9.47 Å². The van der Waals surface area contributed by atoms with Crippen molar-refractivity contribution in [1.29, 1.82) is 0 Å². The van der Waals surface area contributed by atoms with Crippen LogP contribution in [0, 0.1) is 6.92 Å². The third-order valence-electron chi connectivity index (χ3n) is 2.84. The lowest BCUT2D eigenvalue weighted by molar-refractivity contribution is 0.322. The largest absolute Gasteiger partial charge is 0.497 e. The molecule has 0 saturated heterocycles. The van der Waals surface area contributed by atoms with Crippen LogP contribution in [0.3, 0.4) is 0 Å². The Morgan fingerprint density at radius 1 is 0.833 bits per heavy atom. The van der Waals surface area contributed by atoms with E-state index < -0.39 is 0 Å². The summed E-state index contributed by atoms with van der Waals surface area (Å²) in [7, 11) is 1.68. The van der Waals surface area contributed by atoms with Crippen molar-refractivity contribution in [2.24, 2.45) is 0 Å². The Kier molecular flexibility index (Phi) is 4.24. The van der Waals surface area contributed by atoms with Gasteiger partial charge in [-0.05, 0) is 36.8 Å². The SMILES string of the molecule is COc1ccc(CCOc2ccc(C)cc2)cc1. The van der Waals surface area contributed by atoms with E-state index in [9.17, 15) is 0 Å². The van der Waals surface area contributed by atoms with E-state index in [0.717, 1.165) is 17.9 Å². The highest BCUT2D eigenvalue weighted by molar-refractivity contribution is 5.28. The minimum absolute atomic E-state index is 0.690. The molecule has 0 N–H and O–H groups in total. The van der Waals surface area contributed by atoms with Crippen LogP contribution in [0.2, 0.25) is 0 Å². The number of hydrogen-bond acceptors (Lipinski definition) is 2. The van der Waals surface area contributed by atoms with Crippen LogP contribution in [0.1, 0.15) is 11.1 Å². The molecule has 2 aromatic carbocycles. The summed E-state index contributed by atoms with van der Waals surface area (Å²) in [5.74, 6) is 1.81. The Morgan fingerprint density at radius 3 is 2.06 bits per heavy atom. The van der Waals surface area contributed by atoms with Crippen molar-refractivity contribution in [2.45, 2.75) is 13.3 Å². The van der Waals surface area contributed by atoms with Crippen LogP contribution in [0.25, 0.3) is 0 Å². The molecule has 0 aromatic heterocycles. The number of rotatable bonds is 5. The van der Waals surface area contributed by atoms with Gasteiger partial charge in [-0.15, -0.1) is 0 Å². The smallest absolute Gasteiger partial charge is 0.119 e. The van der Waals surface area contributed by atoms with Gasteiger partial charge in [0.15, 0.2) is 0 Å². The predicted molar refractivity (Wildman–Crippen MR) is 73.4 cm³/mol. The fraction of sp³-hybridized carbons (Fsp3) is 0.250. The van der Waals surface area contributed by atoms with Crippen LogP contribution in [0.5, 0.6) is 11.5 Å². The van der Waals surface area contributed by atoms with E-state index in [1.54, 1.807) is 7.11 Å². The molecule has 2 aromatic rings. The van der Waals surface area contributed by atoms with Gasteiger partial charge in [0.1, 0.15) is 11.5 Å². The fourth-order valence-electron chi connectivity index (χ4n) is 1.71. The van der Waals surface area contributed by atoms with Crippen LogP contribution in [-0.2, 0) is 6.42 Å². The van der Waals surface area contributed by atoms with Crippen LogP contribution in [-0.4, -0.2) is 13.7 Å². The molecule has 0 unspecified atom stereocenters. The molecule has 94 valence electrons. The molecule has 0 radical (unpaired) electrons. The summed E-state index contributed by atoms with van der Waals surface area (Å²) in [5, 5.41) is 0. The van der Waals surface area contributed by atoms with Crippen molar-refractivity contribution < 1.29 is 9.47 Å². The fourth-order valence-corrected chi connectivity index (χ4v) is 1.71. The highest BCUT2D eigenvalue weighted by Gasteiger charge is 1.96. The van der Waals surface area contributed by atoms with Crippen molar-refractivity contribution >= 4 is 0 Å². The number of aryl methyl sites for hydroxylation is 1. The normalized spacial score (nSPS) is 10.1. The zero-order valence-corrected chi connectivity index (χ0v) is 10.8. The predicted octanol–water partition coefficient (Wildman–Crippen LogP) is 3.63. The maximum absolute atomic E-state index is 5.69. The molecule has 0 spiro atoms. The first-order valence-corrected chi connectivity index (χ1v) is 6.10. The van der Waals surface area contributed by atoms with E-state index in [1.807, 2.05) is 24.3 Å². The molecule has 18 heavy (non-hydrogen) atoms. The minimum atomic E-state index is 0.690. The van der Waals surface area contributed by atoms with E-state index >= 15 is 0 Å². The van der Waals surface area contributed by atoms with Gasteiger partial charge in [0.2, 0.25) is 0 Å². The topological polar surface area (TPSA) is 18.5 Å². The first-order chi connectivity index (χ1) is 8.78. The summed E-state index contributed by atoms with van der Waals surface area (Å²) < 4.78 is 10.8. The van der Waals surface area contributed by atoms with Crippen molar-refractivity contribution in [3.63, 3.8) is 0 Å². The number of hydrogen-bond donors (Lipinski definition) is 0. The van der Waals surface area contributed by atoms with Crippen molar-refractivity contribution in [3.8, 4) is 11.5 Å². The zero-order valence-electron chi connectivity index (χ0n) is 10.8. The zero-order chi connectivity index (χ0) is 12.8. The molecule has 0 saturated carbocycles. The molecular formula is C16H18O2. The molecule has 2 heteroatoms. The quantitative estimate of drug-likeness (QED) is 0.797. The molecule has 0 heterocycles. The van der Waals surface area contributed by atoms with E-state index in [-0.39, 0.29) is 0 Å². The Labute approximate surface area is 108 Å². The molecule has 0 aliphatic carbocycles. The summed E-state index contributed by atoms with van der Waals surface area (Å²) in [4.78, 5) is 0. The van der Waals surface area contributed by atoms with Gasteiger partial charge in [-0.1, -0.05) is 29.8 Å². The van der Waals surface area contributed by atoms with Gasteiger partial charge < -0.3 is 9.47 Å². The lowest BCUT2D eigenvalue weighted by atomic mass is 10.1. The summed E-state index contributed by atoms with van der Waals surface area (Å²) in [6.45, 7) is 2.76. The van der Waals surface area contributed by atoms with Crippen molar-refractivity contribution in [1.82, 2.24) is 0 Å². The maximum atomic E-state index is 5.69. The highest BCUT2D eigenvalue weighted by Crippen LogP contribution is 2.14. The second-order valence-corrected chi connectivity index (χ2v) is 4.26. The Morgan fingerprint density at radius 2 is 1.44 bits per heavy atom. The van der Waals surface area contributed by atoms with Gasteiger partial charge in [-0.3, -0.25) is 0 Å². The molecule has 0 bridgehead atoms. The van der Waals surface area contributed by atoms with Crippen LogP contribution >= 0.6 is 0 Å². The summed E-state index contributed by atoms with van der Waals surface area (Å²) in [6, 6.07) is 16.2. The first-order valence-electron chi connectivity index (χ1n) is 6.10. The molecule has 2 rings (SSSR count). The summed E-state index contributed by atoms with van der Waals surface area (Å²) >= 11 is 0. The number of benzene rings is 2. The van der Waals surface area contributed by atoms with Gasteiger partial charge >= 0.3 is 0 Å². The standard InChI is InChI=1S/C16H18O2/c1-13-3-7-16(8-4-13)18-12-11-14-5-9-15(17-2)10-6-14/h3-10H,11-12H2,1-2H3. The molecule has 0 aliphatic heterocycles. The molecule has 0 fully saturated rings. The van der Waals surface area contributed by atoms with Gasteiger partial charge in [0.25, 0.3) is 0 Å². The highest BCUT2D eigenvalue weighted by atomic mass is 16.5. The molecule has 0 amide bonds. The molecular weight excluding hydrogens is 224 g/mol. The molecule has 2 nitrogen and oxygen atoms in total. The second kappa shape index (κ2) is 6.10. The second-order valence-electron chi connectivity index (χ2n) is 4.26. The van der Waals surface area contributed by atoms with E-state index in [0.29, 0.717) is 6.61 Å². The average Bonchev–Trinajstić information content (AvgIpc) is 2.42. The number of ether oxygens (including phenoxy) is 2. The summed E-state index contributed by atoms with van der Waals surface area (Å²) in [6.07, 6.45) is 0.901. The molecule has 0 atom stereocenters. The minimum Gasteiger partial charge on any atom is -0.497 e. The van der Waals surface area contributed by atoms with Crippen LogP contribution in [0.15, 0.2) is 48.5 Å². The lowest BCUT2D eigenvalue weighted by Crippen LogP contribution is -2.01. The monoisotopic (exact) mass is 242 g/mol. The first kappa shape index (κ1) is 12.5. The molecule has 0 aliphatic rings. The average molecular weight is 242 g/mol. The van der Waals surface area contributed by atoms with Gasteiger partial charge in [0, 0.05) is 6.42 Å². The van der Waals surface area contributed by atoms with E-state index in [2.05, 4.69) is 31.2 Å². The van der Waals surface area contributed by atoms with Crippen LogP contribution < -0.4 is 9.47 Å².